The van der Waals surface area contributed by atoms with E-state index in [0.717, 1.165) is 61.4 Å². The van der Waals surface area contributed by atoms with Crippen LogP contribution in [0.5, 0.6) is 0 Å². The van der Waals surface area contributed by atoms with E-state index >= 15 is 0 Å². The minimum atomic E-state index is 0.250. The first kappa shape index (κ1) is 16.5. The van der Waals surface area contributed by atoms with Gasteiger partial charge in [0, 0.05) is 12.2 Å². The van der Waals surface area contributed by atoms with Gasteiger partial charge in [-0.3, -0.25) is 4.79 Å². The summed E-state index contributed by atoms with van der Waals surface area (Å²) in [5, 5.41) is 0. The number of nitrogens with one attached hydrogen (secondary N) is 2. The average Bonchev–Trinajstić information content (AvgIpc) is 3.32. The number of anilines is 1. The molecule has 3 heterocycles. The first-order valence-corrected chi connectivity index (χ1v) is 9.94. The Bertz CT molecular complexity index is 946. The summed E-state index contributed by atoms with van der Waals surface area (Å²) >= 11 is 0. The summed E-state index contributed by atoms with van der Waals surface area (Å²) in [6, 6.07) is 16.5. The number of carbonyl (C=O) groups excluding carboxylic acids is 1. The Morgan fingerprint density at radius 2 is 2.04 bits per heavy atom. The molecular formula is C22H25N4O+. The number of carbonyl (C=O) groups is 1. The molecule has 1 amide bonds. The number of quaternary nitrogens is 1. The van der Waals surface area contributed by atoms with Gasteiger partial charge in [-0.1, -0.05) is 30.3 Å². The third-order valence-corrected chi connectivity index (χ3v) is 6.00. The Balaban J connectivity index is 1.28. The lowest BCUT2D eigenvalue weighted by Crippen LogP contribution is -3.14. The monoisotopic (exact) mass is 361 g/mol. The molecule has 2 N–H and O–H groups in total. The topological polar surface area (TPSA) is 53.4 Å². The first-order chi connectivity index (χ1) is 13.3. The number of piperidine rings is 1. The number of para-hydroxylation sites is 3. The van der Waals surface area contributed by atoms with Crippen LogP contribution in [0.3, 0.4) is 0 Å². The summed E-state index contributed by atoms with van der Waals surface area (Å²) in [5.41, 5.74) is 4.53. The lowest BCUT2D eigenvalue weighted by atomic mass is 9.97. The molecule has 3 aromatic rings. The SMILES string of the molecule is O=C(C[NH+]1CCC[C@@H](c2nc3ccccc3[nH]2)C1)N1CCc2ccccc21. The second kappa shape index (κ2) is 6.82. The number of amides is 1. The molecule has 27 heavy (non-hydrogen) atoms. The second-order valence-corrected chi connectivity index (χ2v) is 7.78. The zero-order chi connectivity index (χ0) is 18.2. The number of fused-ring (bicyclic) bond motifs is 2. The van der Waals surface area contributed by atoms with Gasteiger partial charge < -0.3 is 14.8 Å². The molecule has 0 spiro atoms. The molecule has 2 aliphatic rings. The van der Waals surface area contributed by atoms with E-state index in [4.69, 9.17) is 4.98 Å². The van der Waals surface area contributed by atoms with E-state index in [1.54, 1.807) is 0 Å². The fraction of sp³-hybridized carbons (Fsp3) is 0.364. The molecule has 1 saturated heterocycles. The molecule has 5 rings (SSSR count). The summed E-state index contributed by atoms with van der Waals surface area (Å²) < 4.78 is 0. The number of rotatable bonds is 3. The molecule has 0 bridgehead atoms. The van der Waals surface area contributed by atoms with Crippen LogP contribution >= 0.6 is 0 Å². The molecule has 5 heteroatoms. The van der Waals surface area contributed by atoms with E-state index in [1.807, 2.05) is 23.1 Å². The van der Waals surface area contributed by atoms with Crippen molar-refractivity contribution in [2.24, 2.45) is 0 Å². The van der Waals surface area contributed by atoms with Crippen molar-refractivity contribution < 1.29 is 9.69 Å². The largest absolute Gasteiger partial charge is 0.342 e. The van der Waals surface area contributed by atoms with Crippen molar-refractivity contribution in [2.45, 2.75) is 25.2 Å². The summed E-state index contributed by atoms with van der Waals surface area (Å²) in [7, 11) is 0. The van der Waals surface area contributed by atoms with E-state index in [-0.39, 0.29) is 5.91 Å². The number of benzene rings is 2. The lowest BCUT2D eigenvalue weighted by Gasteiger charge is -2.29. The fourth-order valence-electron chi connectivity index (χ4n) is 4.62. The number of likely N-dealkylation sites (tertiary alicyclic amines) is 1. The molecule has 1 fully saturated rings. The van der Waals surface area contributed by atoms with Gasteiger partial charge in [-0.25, -0.2) is 4.98 Å². The van der Waals surface area contributed by atoms with Crippen LogP contribution in [0.2, 0.25) is 0 Å². The first-order valence-electron chi connectivity index (χ1n) is 9.94. The van der Waals surface area contributed by atoms with E-state index in [2.05, 4.69) is 35.3 Å². The van der Waals surface area contributed by atoms with Crippen LogP contribution in [0.4, 0.5) is 5.69 Å². The van der Waals surface area contributed by atoms with Crippen molar-refractivity contribution in [3.8, 4) is 0 Å². The average molecular weight is 361 g/mol. The fourth-order valence-corrected chi connectivity index (χ4v) is 4.62. The molecule has 0 radical (unpaired) electrons. The van der Waals surface area contributed by atoms with Gasteiger partial charge in [0.2, 0.25) is 0 Å². The van der Waals surface area contributed by atoms with Crippen molar-refractivity contribution in [3.63, 3.8) is 0 Å². The highest BCUT2D eigenvalue weighted by atomic mass is 16.2. The van der Waals surface area contributed by atoms with Crippen LogP contribution in [-0.2, 0) is 11.2 Å². The molecule has 2 aliphatic heterocycles. The summed E-state index contributed by atoms with van der Waals surface area (Å²) in [6.07, 6.45) is 3.25. The van der Waals surface area contributed by atoms with E-state index in [1.165, 1.54) is 10.5 Å². The van der Waals surface area contributed by atoms with E-state index < -0.39 is 0 Å². The number of H-pyrrole nitrogens is 1. The highest BCUT2D eigenvalue weighted by molar-refractivity contribution is 5.96. The summed E-state index contributed by atoms with van der Waals surface area (Å²) in [5.74, 6) is 1.73. The Morgan fingerprint density at radius 1 is 1.19 bits per heavy atom. The van der Waals surface area contributed by atoms with Crippen molar-refractivity contribution >= 4 is 22.6 Å². The molecule has 0 aliphatic carbocycles. The van der Waals surface area contributed by atoms with Crippen LogP contribution < -0.4 is 9.80 Å². The molecule has 2 atom stereocenters. The number of aromatic amines is 1. The molecule has 5 nitrogen and oxygen atoms in total. The van der Waals surface area contributed by atoms with Crippen LogP contribution in [-0.4, -0.2) is 42.1 Å². The Labute approximate surface area is 159 Å². The lowest BCUT2D eigenvalue weighted by molar-refractivity contribution is -0.898. The third kappa shape index (κ3) is 3.12. The maximum Gasteiger partial charge on any atom is 0.282 e. The molecule has 0 saturated carbocycles. The van der Waals surface area contributed by atoms with Crippen molar-refractivity contribution in [1.29, 1.82) is 0 Å². The summed E-state index contributed by atoms with van der Waals surface area (Å²) in [6.45, 7) is 3.43. The second-order valence-electron chi connectivity index (χ2n) is 7.78. The Hall–Kier alpha value is -2.66. The van der Waals surface area contributed by atoms with Crippen LogP contribution in [0.15, 0.2) is 48.5 Å². The van der Waals surface area contributed by atoms with Gasteiger partial charge in [0.25, 0.3) is 5.91 Å². The van der Waals surface area contributed by atoms with E-state index in [9.17, 15) is 4.79 Å². The Morgan fingerprint density at radius 3 is 2.96 bits per heavy atom. The van der Waals surface area contributed by atoms with Gasteiger partial charge in [0.05, 0.1) is 30.0 Å². The number of hydrogen-bond acceptors (Lipinski definition) is 2. The maximum atomic E-state index is 12.9. The van der Waals surface area contributed by atoms with Crippen LogP contribution in [0, 0.1) is 0 Å². The van der Waals surface area contributed by atoms with Gasteiger partial charge in [0.15, 0.2) is 6.54 Å². The van der Waals surface area contributed by atoms with Crippen molar-refractivity contribution in [1.82, 2.24) is 9.97 Å². The maximum absolute atomic E-state index is 12.9. The molecule has 2 aromatic carbocycles. The zero-order valence-electron chi connectivity index (χ0n) is 15.4. The number of nitrogens with zero attached hydrogens (tertiary/aromatic N) is 2. The number of hydrogen-bond donors (Lipinski definition) is 2. The van der Waals surface area contributed by atoms with Gasteiger partial charge in [-0.2, -0.15) is 0 Å². The molecule has 138 valence electrons. The van der Waals surface area contributed by atoms with Crippen molar-refractivity contribution in [3.05, 3.63) is 59.9 Å². The van der Waals surface area contributed by atoms with Crippen molar-refractivity contribution in [2.75, 3.05) is 31.1 Å². The predicted molar refractivity (Wildman–Crippen MR) is 106 cm³/mol. The molecule has 1 unspecified atom stereocenters. The van der Waals surface area contributed by atoms with E-state index in [0.29, 0.717) is 12.5 Å². The molecule has 1 aromatic heterocycles. The normalized spacial score (nSPS) is 22.1. The van der Waals surface area contributed by atoms with Gasteiger partial charge >= 0.3 is 0 Å². The number of aromatic nitrogens is 2. The standard InChI is InChI=1S/C22H24N4O/c27-21(26-13-11-16-6-1-4-10-20(16)26)15-25-12-5-7-17(14-25)22-23-18-8-2-3-9-19(18)24-22/h1-4,6,8-10,17H,5,7,11-15H2,(H,23,24)/p+1/t17-/m1/s1. The number of imidazole rings is 1. The molecular weight excluding hydrogens is 336 g/mol. The van der Waals surface area contributed by atoms with Gasteiger partial charge in [-0.05, 0) is 43.0 Å². The van der Waals surface area contributed by atoms with Crippen LogP contribution in [0.1, 0.15) is 30.1 Å². The predicted octanol–water partition coefficient (Wildman–Crippen LogP) is 1.91. The minimum absolute atomic E-state index is 0.250. The Kier molecular flexibility index (Phi) is 4.17. The highest BCUT2D eigenvalue weighted by Gasteiger charge is 2.31. The third-order valence-electron chi connectivity index (χ3n) is 6.00. The minimum Gasteiger partial charge on any atom is -0.342 e. The quantitative estimate of drug-likeness (QED) is 0.749. The van der Waals surface area contributed by atoms with Gasteiger partial charge in [0.1, 0.15) is 5.82 Å². The van der Waals surface area contributed by atoms with Crippen LogP contribution in [0.25, 0.3) is 11.0 Å². The highest BCUT2D eigenvalue weighted by Crippen LogP contribution is 2.27. The smallest absolute Gasteiger partial charge is 0.282 e. The zero-order valence-corrected chi connectivity index (χ0v) is 15.4. The van der Waals surface area contributed by atoms with Gasteiger partial charge in [-0.15, -0.1) is 0 Å². The summed E-state index contributed by atoms with van der Waals surface area (Å²) in [4.78, 5) is 24.6.